The zero-order valence-electron chi connectivity index (χ0n) is 12.8. The molecule has 2 aromatic carbocycles. The molecular weight excluding hydrogens is 368 g/mol. The lowest BCUT2D eigenvalue weighted by Gasteiger charge is -2.01. The lowest BCUT2D eigenvalue weighted by Crippen LogP contribution is -2.02. The number of rotatable bonds is 3. The number of carbonyl (C=O) groups excluding carboxylic acids is 1. The maximum absolute atomic E-state index is 12.8. The molecule has 5 nitrogen and oxygen atoms in total. The van der Waals surface area contributed by atoms with E-state index in [1.54, 1.807) is 10.9 Å². The van der Waals surface area contributed by atoms with Gasteiger partial charge in [0.25, 0.3) is 0 Å². The molecule has 24 heavy (non-hydrogen) atoms. The molecule has 0 atom stereocenters. The Morgan fingerprint density at radius 3 is 2.62 bits per heavy atom. The van der Waals surface area contributed by atoms with Crippen LogP contribution < -0.4 is 0 Å². The molecule has 4 aromatic rings. The summed E-state index contributed by atoms with van der Waals surface area (Å²) in [6, 6.07) is 13.2. The van der Waals surface area contributed by atoms with Gasteiger partial charge < -0.3 is 0 Å². The molecule has 0 saturated carbocycles. The van der Waals surface area contributed by atoms with Crippen LogP contribution in [0.1, 0.15) is 16.1 Å². The predicted octanol–water partition coefficient (Wildman–Crippen LogP) is 3.96. The zero-order valence-corrected chi connectivity index (χ0v) is 14.4. The molecule has 0 saturated heterocycles. The second-order valence-corrected chi connectivity index (χ2v) is 6.49. The van der Waals surface area contributed by atoms with Crippen LogP contribution in [-0.4, -0.2) is 25.8 Å². The van der Waals surface area contributed by atoms with Crippen molar-refractivity contribution in [1.82, 2.24) is 20.0 Å². The molecule has 0 aliphatic rings. The van der Waals surface area contributed by atoms with E-state index >= 15 is 0 Å². The summed E-state index contributed by atoms with van der Waals surface area (Å²) in [4.78, 5) is 12.8. The van der Waals surface area contributed by atoms with Gasteiger partial charge in [-0.25, -0.2) is 0 Å². The molecule has 0 aliphatic carbocycles. The predicted molar refractivity (Wildman–Crippen MR) is 95.9 cm³/mol. The van der Waals surface area contributed by atoms with Crippen LogP contribution in [0.5, 0.6) is 0 Å². The van der Waals surface area contributed by atoms with Crippen LogP contribution in [0.4, 0.5) is 0 Å². The Morgan fingerprint density at radius 2 is 1.92 bits per heavy atom. The minimum Gasteiger partial charge on any atom is -0.287 e. The van der Waals surface area contributed by atoms with E-state index in [0.717, 1.165) is 26.5 Å². The maximum Gasteiger partial charge on any atom is 0.213 e. The molecule has 0 aliphatic heterocycles. The first kappa shape index (κ1) is 14.8. The third kappa shape index (κ3) is 2.55. The fourth-order valence-corrected chi connectivity index (χ4v) is 3.04. The van der Waals surface area contributed by atoms with E-state index in [1.807, 2.05) is 55.7 Å². The first-order valence-electron chi connectivity index (χ1n) is 7.39. The van der Waals surface area contributed by atoms with Gasteiger partial charge in [0.2, 0.25) is 5.78 Å². The molecule has 0 bridgehead atoms. The minimum atomic E-state index is -0.0999. The highest BCUT2D eigenvalue weighted by Gasteiger charge is 2.16. The fraction of sp³-hybridized carbons (Fsp3) is 0.0556. The second kappa shape index (κ2) is 5.72. The van der Waals surface area contributed by atoms with E-state index in [-0.39, 0.29) is 5.78 Å². The molecule has 0 fully saturated rings. The summed E-state index contributed by atoms with van der Waals surface area (Å²) in [7, 11) is 1.88. The number of benzene rings is 2. The van der Waals surface area contributed by atoms with Crippen molar-refractivity contribution in [1.29, 1.82) is 0 Å². The van der Waals surface area contributed by atoms with Gasteiger partial charge in [-0.3, -0.25) is 14.6 Å². The van der Waals surface area contributed by atoms with Crippen LogP contribution in [0.25, 0.3) is 22.0 Å². The molecular formula is C18H13BrN4O. The molecule has 2 aromatic heterocycles. The highest BCUT2D eigenvalue weighted by atomic mass is 79.9. The number of halogens is 1. The van der Waals surface area contributed by atoms with Crippen LogP contribution in [0.2, 0.25) is 0 Å². The normalized spacial score (nSPS) is 11.1. The molecule has 4 rings (SSSR count). The van der Waals surface area contributed by atoms with Gasteiger partial charge in [0, 0.05) is 34.2 Å². The molecule has 6 heteroatoms. The fourth-order valence-electron chi connectivity index (χ4n) is 2.68. The monoisotopic (exact) mass is 380 g/mol. The number of fused-ring (bicyclic) bond motifs is 1. The zero-order chi connectivity index (χ0) is 16.7. The smallest absolute Gasteiger partial charge is 0.213 e. The lowest BCUT2D eigenvalue weighted by atomic mass is 10.0. The Kier molecular flexibility index (Phi) is 3.54. The highest BCUT2D eigenvalue weighted by molar-refractivity contribution is 9.10. The summed E-state index contributed by atoms with van der Waals surface area (Å²) in [6.45, 7) is 0. The van der Waals surface area contributed by atoms with Crippen molar-refractivity contribution in [2.45, 2.75) is 0 Å². The van der Waals surface area contributed by atoms with E-state index in [9.17, 15) is 4.79 Å². The van der Waals surface area contributed by atoms with E-state index in [1.165, 1.54) is 0 Å². The maximum atomic E-state index is 12.8. The number of ketones is 1. The van der Waals surface area contributed by atoms with Crippen LogP contribution in [0.3, 0.4) is 0 Å². The van der Waals surface area contributed by atoms with Gasteiger partial charge in [-0.05, 0) is 23.8 Å². The second-order valence-electron chi connectivity index (χ2n) is 5.57. The molecule has 0 amide bonds. The van der Waals surface area contributed by atoms with Gasteiger partial charge in [0.15, 0.2) is 0 Å². The Balaban J connectivity index is 1.70. The average molecular weight is 381 g/mol. The minimum absolute atomic E-state index is 0.0999. The summed E-state index contributed by atoms with van der Waals surface area (Å²) in [6.07, 6.45) is 3.74. The summed E-state index contributed by atoms with van der Waals surface area (Å²) in [5, 5.41) is 12.1. The molecule has 2 heterocycles. The molecule has 0 spiro atoms. The third-order valence-electron chi connectivity index (χ3n) is 3.93. The number of nitrogens with zero attached hydrogens (tertiary/aromatic N) is 3. The number of nitrogens with one attached hydrogen (secondary N) is 1. The number of hydrogen-bond acceptors (Lipinski definition) is 3. The summed E-state index contributed by atoms with van der Waals surface area (Å²) < 4.78 is 2.67. The quantitative estimate of drug-likeness (QED) is 0.547. The summed E-state index contributed by atoms with van der Waals surface area (Å²) in [5.41, 5.74) is 3.92. The van der Waals surface area contributed by atoms with Crippen molar-refractivity contribution in [2.75, 3.05) is 0 Å². The van der Waals surface area contributed by atoms with Crippen molar-refractivity contribution in [3.8, 4) is 11.1 Å². The summed E-state index contributed by atoms with van der Waals surface area (Å²) >= 11 is 3.43. The number of aromatic amines is 1. The Morgan fingerprint density at radius 1 is 1.12 bits per heavy atom. The molecule has 0 radical (unpaired) electrons. The molecule has 1 N–H and O–H groups in total. The van der Waals surface area contributed by atoms with E-state index in [0.29, 0.717) is 11.3 Å². The van der Waals surface area contributed by atoms with Crippen molar-refractivity contribution in [3.05, 3.63) is 70.6 Å². The number of carbonyl (C=O) groups is 1. The molecule has 118 valence electrons. The topological polar surface area (TPSA) is 63.6 Å². The van der Waals surface area contributed by atoms with Gasteiger partial charge in [-0.15, -0.1) is 0 Å². The van der Waals surface area contributed by atoms with Crippen LogP contribution in [0.15, 0.2) is 59.3 Å². The third-order valence-corrected chi connectivity index (χ3v) is 4.42. The van der Waals surface area contributed by atoms with Crippen molar-refractivity contribution >= 4 is 32.6 Å². The van der Waals surface area contributed by atoms with Gasteiger partial charge in [-0.2, -0.15) is 10.2 Å². The van der Waals surface area contributed by atoms with Gasteiger partial charge in [0.05, 0.1) is 11.7 Å². The largest absolute Gasteiger partial charge is 0.287 e. The van der Waals surface area contributed by atoms with Crippen molar-refractivity contribution in [3.63, 3.8) is 0 Å². The van der Waals surface area contributed by atoms with E-state index in [4.69, 9.17) is 0 Å². The number of H-pyrrole nitrogens is 1. The van der Waals surface area contributed by atoms with Crippen LogP contribution in [-0.2, 0) is 7.05 Å². The lowest BCUT2D eigenvalue weighted by molar-refractivity contribution is 0.103. The Labute approximate surface area is 146 Å². The molecule has 0 unspecified atom stereocenters. The Bertz CT molecular complexity index is 1050. The number of aryl methyl sites for hydroxylation is 1. The van der Waals surface area contributed by atoms with E-state index in [2.05, 4.69) is 31.2 Å². The van der Waals surface area contributed by atoms with Gasteiger partial charge in [-0.1, -0.05) is 40.2 Å². The van der Waals surface area contributed by atoms with E-state index < -0.39 is 0 Å². The summed E-state index contributed by atoms with van der Waals surface area (Å²) in [5.74, 6) is -0.0999. The highest BCUT2D eigenvalue weighted by Crippen LogP contribution is 2.24. The Hall–Kier alpha value is -2.73. The van der Waals surface area contributed by atoms with Crippen molar-refractivity contribution in [2.24, 2.45) is 7.05 Å². The average Bonchev–Trinajstić information content (AvgIpc) is 3.20. The number of aromatic nitrogens is 4. The van der Waals surface area contributed by atoms with Crippen LogP contribution in [0, 0.1) is 0 Å². The van der Waals surface area contributed by atoms with Crippen molar-refractivity contribution < 1.29 is 4.79 Å². The first-order valence-corrected chi connectivity index (χ1v) is 8.18. The first-order chi connectivity index (χ1) is 11.6. The van der Waals surface area contributed by atoms with Gasteiger partial charge >= 0.3 is 0 Å². The van der Waals surface area contributed by atoms with Gasteiger partial charge in [0.1, 0.15) is 5.69 Å². The standard InChI is InChI=1S/C18H13BrN4O/c1-23-10-13(9-20-23)11-2-4-12(5-3-11)18(24)17-15-8-14(19)6-7-16(15)21-22-17/h2-10H,1H3,(H,21,22). The number of hydrogen-bond donors (Lipinski definition) is 1. The SMILES string of the molecule is Cn1cc(-c2ccc(C(=O)c3n[nH]c4ccc(Br)cc34)cc2)cn1. The van der Waals surface area contributed by atoms with Crippen LogP contribution >= 0.6 is 15.9 Å².